The Labute approximate surface area is 146 Å². The van der Waals surface area contributed by atoms with Gasteiger partial charge in [-0.3, -0.25) is 4.79 Å². The molecule has 0 spiro atoms. The summed E-state index contributed by atoms with van der Waals surface area (Å²) in [5.74, 6) is 0.0790. The lowest BCUT2D eigenvalue weighted by Crippen LogP contribution is -1.99. The first-order chi connectivity index (χ1) is 12.2. The minimum absolute atomic E-state index is 0.0790. The molecule has 0 aliphatic rings. The van der Waals surface area contributed by atoms with Crippen LogP contribution < -0.4 is 0 Å². The van der Waals surface area contributed by atoms with E-state index < -0.39 is 0 Å². The Bertz CT molecular complexity index is 937. The van der Waals surface area contributed by atoms with E-state index in [1.165, 1.54) is 0 Å². The zero-order chi connectivity index (χ0) is 17.6. The number of azide groups is 1. The van der Waals surface area contributed by atoms with Gasteiger partial charge in [0.15, 0.2) is 5.78 Å². The maximum absolute atomic E-state index is 12.4. The topological polar surface area (TPSA) is 81.6 Å². The molecule has 0 unspecified atom stereocenters. The lowest BCUT2D eigenvalue weighted by Gasteiger charge is -2.08. The summed E-state index contributed by atoms with van der Waals surface area (Å²) < 4.78 is 0. The van der Waals surface area contributed by atoms with Crippen molar-refractivity contribution in [3.63, 3.8) is 0 Å². The van der Waals surface area contributed by atoms with Gasteiger partial charge in [-0.1, -0.05) is 66.6 Å². The molecule has 3 rings (SSSR count). The average Bonchev–Trinajstić information content (AvgIpc) is 3.12. The van der Waals surface area contributed by atoms with Gasteiger partial charge in [0.25, 0.3) is 0 Å². The maximum atomic E-state index is 12.4. The Hall–Kier alpha value is -3.30. The molecule has 0 radical (unpaired) electrons. The second-order valence-corrected chi connectivity index (χ2v) is 5.68. The lowest BCUT2D eigenvalue weighted by atomic mass is 9.94. The van der Waals surface area contributed by atoms with Crippen LogP contribution >= 0.6 is 0 Å². The van der Waals surface area contributed by atoms with Gasteiger partial charge < -0.3 is 4.98 Å². The molecule has 3 aromatic rings. The van der Waals surface area contributed by atoms with Crippen LogP contribution in [0, 0.1) is 0 Å². The molecule has 1 N–H and O–H groups in total. The molecular weight excluding hydrogens is 312 g/mol. The number of H-pyrrole nitrogens is 1. The van der Waals surface area contributed by atoms with Crippen LogP contribution in [-0.2, 0) is 6.54 Å². The molecule has 0 amide bonds. The Kier molecular flexibility index (Phi) is 4.97. The van der Waals surface area contributed by atoms with Gasteiger partial charge in [-0.2, -0.15) is 0 Å². The summed E-state index contributed by atoms with van der Waals surface area (Å²) in [6.07, 6.45) is 2.31. The van der Waals surface area contributed by atoms with E-state index in [0.717, 1.165) is 27.8 Å². The van der Waals surface area contributed by atoms with Crippen LogP contribution in [0.1, 0.15) is 29.4 Å². The molecule has 0 saturated heterocycles. The van der Waals surface area contributed by atoms with E-state index in [1.54, 1.807) is 0 Å². The van der Waals surface area contributed by atoms with E-state index >= 15 is 0 Å². The molecule has 1 heterocycles. The highest BCUT2D eigenvalue weighted by molar-refractivity contribution is 6.04. The van der Waals surface area contributed by atoms with Crippen molar-refractivity contribution < 1.29 is 4.79 Å². The number of Topliss-reactive ketones (excluding diaryl/α,β-unsaturated/α-hetero) is 1. The first-order valence-electron chi connectivity index (χ1n) is 8.14. The fourth-order valence-corrected chi connectivity index (χ4v) is 2.90. The number of hydrogen-bond donors (Lipinski definition) is 1. The van der Waals surface area contributed by atoms with Gasteiger partial charge in [0.1, 0.15) is 0 Å². The van der Waals surface area contributed by atoms with Crippen molar-refractivity contribution in [2.75, 3.05) is 0 Å². The number of aromatic nitrogens is 1. The highest BCUT2D eigenvalue weighted by atomic mass is 16.1. The zero-order valence-corrected chi connectivity index (χ0v) is 13.9. The third kappa shape index (κ3) is 3.47. The van der Waals surface area contributed by atoms with Crippen LogP contribution in [-0.4, -0.2) is 10.8 Å². The third-order valence-electron chi connectivity index (χ3n) is 4.10. The fraction of sp³-hybridized carbons (Fsp3) is 0.150. The van der Waals surface area contributed by atoms with E-state index in [0.29, 0.717) is 18.7 Å². The number of aromatic amines is 1. The molecular formula is C20H18N4O. The predicted octanol–water partition coefficient (Wildman–Crippen LogP) is 5.75. The number of nitrogens with zero attached hydrogens (tertiary/aromatic N) is 3. The first kappa shape index (κ1) is 16.6. The van der Waals surface area contributed by atoms with Crippen molar-refractivity contribution in [2.24, 2.45) is 5.11 Å². The molecule has 0 aliphatic heterocycles. The van der Waals surface area contributed by atoms with Crippen LogP contribution in [0.5, 0.6) is 0 Å². The van der Waals surface area contributed by atoms with Crippen LogP contribution in [0.15, 0.2) is 65.9 Å². The van der Waals surface area contributed by atoms with Gasteiger partial charge in [0.05, 0.1) is 12.2 Å². The smallest absolute Gasteiger partial charge is 0.179 e. The standard InChI is InChI=1S/C20H18N4O/c1-2-18(25)20-19(15-8-4-3-5-9-15)17(13-22-20)16-10-6-7-14(11-16)12-23-24-21/h3-11,13,22H,2,12H2,1H3. The third-order valence-corrected chi connectivity index (χ3v) is 4.10. The average molecular weight is 330 g/mol. The molecule has 0 bridgehead atoms. The van der Waals surface area contributed by atoms with E-state index in [-0.39, 0.29) is 5.78 Å². The van der Waals surface area contributed by atoms with Crippen LogP contribution in [0.25, 0.3) is 32.7 Å². The number of carbonyl (C=O) groups is 1. The second-order valence-electron chi connectivity index (χ2n) is 5.68. The molecule has 0 atom stereocenters. The minimum Gasteiger partial charge on any atom is -0.358 e. The van der Waals surface area contributed by atoms with Crippen molar-refractivity contribution in [3.05, 3.63) is 82.5 Å². The van der Waals surface area contributed by atoms with E-state index in [4.69, 9.17) is 5.53 Å². The Balaban J connectivity index is 2.15. The fourth-order valence-electron chi connectivity index (χ4n) is 2.90. The van der Waals surface area contributed by atoms with Crippen molar-refractivity contribution in [3.8, 4) is 22.3 Å². The molecule has 124 valence electrons. The Morgan fingerprint density at radius 1 is 1.12 bits per heavy atom. The summed E-state index contributed by atoms with van der Waals surface area (Å²) in [5, 5.41) is 3.62. The Morgan fingerprint density at radius 3 is 2.60 bits per heavy atom. The van der Waals surface area contributed by atoms with Gasteiger partial charge in [0.2, 0.25) is 0 Å². The Morgan fingerprint density at radius 2 is 1.88 bits per heavy atom. The highest BCUT2D eigenvalue weighted by Gasteiger charge is 2.18. The van der Waals surface area contributed by atoms with Gasteiger partial charge in [-0.05, 0) is 22.2 Å². The summed E-state index contributed by atoms with van der Waals surface area (Å²) in [4.78, 5) is 18.3. The zero-order valence-electron chi connectivity index (χ0n) is 13.9. The van der Waals surface area contributed by atoms with E-state index in [1.807, 2.05) is 67.7 Å². The number of ketones is 1. The molecule has 5 nitrogen and oxygen atoms in total. The van der Waals surface area contributed by atoms with Gasteiger partial charge >= 0.3 is 0 Å². The second kappa shape index (κ2) is 7.51. The summed E-state index contributed by atoms with van der Waals surface area (Å²) >= 11 is 0. The monoisotopic (exact) mass is 330 g/mol. The molecule has 0 fully saturated rings. The van der Waals surface area contributed by atoms with Crippen molar-refractivity contribution in [1.82, 2.24) is 4.98 Å². The van der Waals surface area contributed by atoms with Crippen molar-refractivity contribution in [1.29, 1.82) is 0 Å². The van der Waals surface area contributed by atoms with E-state index in [9.17, 15) is 4.79 Å². The van der Waals surface area contributed by atoms with Gasteiger partial charge in [-0.25, -0.2) is 0 Å². The molecule has 0 saturated carbocycles. The largest absolute Gasteiger partial charge is 0.358 e. The first-order valence-corrected chi connectivity index (χ1v) is 8.14. The molecule has 0 aliphatic carbocycles. The van der Waals surface area contributed by atoms with Gasteiger partial charge in [-0.15, -0.1) is 0 Å². The van der Waals surface area contributed by atoms with Crippen molar-refractivity contribution >= 4 is 5.78 Å². The number of benzene rings is 2. The number of carbonyl (C=O) groups excluding carboxylic acids is 1. The number of hydrogen-bond acceptors (Lipinski definition) is 2. The van der Waals surface area contributed by atoms with Crippen LogP contribution in [0.4, 0.5) is 0 Å². The van der Waals surface area contributed by atoms with Crippen LogP contribution in [0.2, 0.25) is 0 Å². The number of nitrogens with one attached hydrogen (secondary N) is 1. The highest BCUT2D eigenvalue weighted by Crippen LogP contribution is 2.36. The van der Waals surface area contributed by atoms with Gasteiger partial charge in [0, 0.05) is 28.7 Å². The molecule has 25 heavy (non-hydrogen) atoms. The van der Waals surface area contributed by atoms with Crippen LogP contribution in [0.3, 0.4) is 0 Å². The molecule has 1 aromatic heterocycles. The summed E-state index contributed by atoms with van der Waals surface area (Å²) in [6, 6.07) is 17.7. The quantitative estimate of drug-likeness (QED) is 0.265. The summed E-state index contributed by atoms with van der Waals surface area (Å²) in [5.41, 5.74) is 13.9. The number of rotatable bonds is 6. The minimum atomic E-state index is 0.0790. The maximum Gasteiger partial charge on any atom is 0.179 e. The van der Waals surface area contributed by atoms with E-state index in [2.05, 4.69) is 15.0 Å². The summed E-state index contributed by atoms with van der Waals surface area (Å²) in [6.45, 7) is 2.16. The SMILES string of the molecule is CCC(=O)c1[nH]cc(-c2cccc(CN=[N+]=[N-])c2)c1-c1ccccc1. The predicted molar refractivity (Wildman–Crippen MR) is 99.1 cm³/mol. The molecule has 2 aromatic carbocycles. The molecule has 5 heteroatoms. The normalized spacial score (nSPS) is 10.3. The summed E-state index contributed by atoms with van der Waals surface area (Å²) in [7, 11) is 0. The lowest BCUT2D eigenvalue weighted by molar-refractivity contribution is 0.0984. The van der Waals surface area contributed by atoms with Crippen molar-refractivity contribution in [2.45, 2.75) is 19.9 Å².